The van der Waals surface area contributed by atoms with E-state index in [1.165, 1.54) is 6.26 Å². The molecule has 1 atom stereocenters. The van der Waals surface area contributed by atoms with Crippen molar-refractivity contribution in [3.63, 3.8) is 0 Å². The Kier molecular flexibility index (Phi) is 3.37. The van der Waals surface area contributed by atoms with Gasteiger partial charge < -0.3 is 14.8 Å². The monoisotopic (exact) mass is 295 g/mol. The highest BCUT2D eigenvalue weighted by molar-refractivity contribution is 7.00. The van der Waals surface area contributed by atoms with Crippen LogP contribution in [0, 0.1) is 0 Å². The van der Waals surface area contributed by atoms with Gasteiger partial charge in [0, 0.05) is 6.54 Å². The third kappa shape index (κ3) is 2.42. The summed E-state index contributed by atoms with van der Waals surface area (Å²) in [5.41, 5.74) is 2.17. The number of aliphatic hydroxyl groups excluding tert-OH is 1. The van der Waals surface area contributed by atoms with Crippen molar-refractivity contribution in [1.29, 1.82) is 0 Å². The second-order valence-corrected chi connectivity index (χ2v) is 4.90. The Morgan fingerprint density at radius 2 is 2.26 bits per heavy atom. The van der Waals surface area contributed by atoms with E-state index in [9.17, 15) is 5.11 Å². The zero-order valence-corrected chi connectivity index (χ0v) is 11.3. The Balaban J connectivity index is 1.82. The summed E-state index contributed by atoms with van der Waals surface area (Å²) in [6.45, 7) is 0.282. The molecule has 2 N–H and O–H groups in total. The van der Waals surface area contributed by atoms with E-state index in [1.807, 2.05) is 6.07 Å². The summed E-state index contributed by atoms with van der Waals surface area (Å²) < 4.78 is 13.5. The fourth-order valence-electron chi connectivity index (χ4n) is 1.78. The Bertz CT molecular complexity index is 683. The number of rotatable bonds is 4. The Morgan fingerprint density at radius 1 is 1.37 bits per heavy atom. The van der Waals surface area contributed by atoms with E-state index in [-0.39, 0.29) is 6.54 Å². The minimum Gasteiger partial charge on any atom is -0.467 e. The first-order valence-corrected chi connectivity index (χ1v) is 6.72. The maximum atomic E-state index is 9.95. The standard InChI is InChI=1S/C12H10ClN3O2S/c13-7-3-4-8-12(16-19-15-8)11(7)14-6-9(17)10-2-1-5-18-10/h1-5,9,14,17H,6H2. The molecule has 0 fully saturated rings. The van der Waals surface area contributed by atoms with Crippen LogP contribution in [0.3, 0.4) is 0 Å². The van der Waals surface area contributed by atoms with Gasteiger partial charge in [-0.3, -0.25) is 0 Å². The fraction of sp³-hybridized carbons (Fsp3) is 0.167. The molecular weight excluding hydrogens is 286 g/mol. The highest BCUT2D eigenvalue weighted by Crippen LogP contribution is 2.30. The van der Waals surface area contributed by atoms with Gasteiger partial charge in [0.05, 0.1) is 28.7 Å². The highest BCUT2D eigenvalue weighted by Gasteiger charge is 2.14. The number of aliphatic hydroxyl groups is 1. The van der Waals surface area contributed by atoms with Crippen LogP contribution >= 0.6 is 23.3 Å². The first kappa shape index (κ1) is 12.4. The Hall–Kier alpha value is -1.63. The topological polar surface area (TPSA) is 71.2 Å². The number of nitrogens with zero attached hydrogens (tertiary/aromatic N) is 2. The van der Waals surface area contributed by atoms with Crippen LogP contribution < -0.4 is 5.32 Å². The molecular formula is C12H10ClN3O2S. The molecule has 5 nitrogen and oxygen atoms in total. The summed E-state index contributed by atoms with van der Waals surface area (Å²) in [5.74, 6) is 0.507. The largest absolute Gasteiger partial charge is 0.467 e. The zero-order valence-electron chi connectivity index (χ0n) is 9.71. The first-order chi connectivity index (χ1) is 9.25. The van der Waals surface area contributed by atoms with Gasteiger partial charge in [0.25, 0.3) is 0 Å². The Morgan fingerprint density at radius 3 is 3.05 bits per heavy atom. The van der Waals surface area contributed by atoms with E-state index in [0.29, 0.717) is 22.0 Å². The number of furan rings is 1. The number of aromatic nitrogens is 2. The van der Waals surface area contributed by atoms with Crippen LogP contribution in [0.15, 0.2) is 34.9 Å². The molecule has 0 saturated heterocycles. The molecule has 0 aliphatic heterocycles. The smallest absolute Gasteiger partial charge is 0.134 e. The van der Waals surface area contributed by atoms with Gasteiger partial charge in [-0.05, 0) is 24.3 Å². The number of benzene rings is 1. The van der Waals surface area contributed by atoms with Gasteiger partial charge in [0.15, 0.2) is 0 Å². The minimum absolute atomic E-state index is 0.282. The molecule has 1 aromatic carbocycles. The molecule has 0 bridgehead atoms. The van der Waals surface area contributed by atoms with Crippen LogP contribution in [0.2, 0.25) is 5.02 Å². The summed E-state index contributed by atoms with van der Waals surface area (Å²) >= 11 is 7.27. The van der Waals surface area contributed by atoms with Gasteiger partial charge in [-0.1, -0.05) is 11.6 Å². The van der Waals surface area contributed by atoms with Gasteiger partial charge in [0.1, 0.15) is 22.9 Å². The highest BCUT2D eigenvalue weighted by atomic mass is 35.5. The SMILES string of the molecule is OC(CNc1c(Cl)ccc2nsnc12)c1ccco1. The maximum Gasteiger partial charge on any atom is 0.134 e. The van der Waals surface area contributed by atoms with Gasteiger partial charge in [0.2, 0.25) is 0 Å². The fourth-order valence-corrected chi connectivity index (χ4v) is 2.54. The average molecular weight is 296 g/mol. The normalized spacial score (nSPS) is 12.7. The van der Waals surface area contributed by atoms with Crippen molar-refractivity contribution in [1.82, 2.24) is 8.75 Å². The molecule has 0 aliphatic carbocycles. The first-order valence-electron chi connectivity index (χ1n) is 5.62. The van der Waals surface area contributed by atoms with Crippen molar-refractivity contribution >= 4 is 40.0 Å². The summed E-state index contributed by atoms with van der Waals surface area (Å²) in [6.07, 6.45) is 0.782. The lowest BCUT2D eigenvalue weighted by molar-refractivity contribution is 0.162. The number of halogens is 1. The minimum atomic E-state index is -0.743. The van der Waals surface area contributed by atoms with Crippen molar-refractivity contribution in [3.8, 4) is 0 Å². The average Bonchev–Trinajstić information content (AvgIpc) is 3.08. The summed E-state index contributed by atoms with van der Waals surface area (Å²) in [5, 5.41) is 13.6. The van der Waals surface area contributed by atoms with E-state index in [4.69, 9.17) is 16.0 Å². The van der Waals surface area contributed by atoms with E-state index in [0.717, 1.165) is 17.2 Å². The lowest BCUT2D eigenvalue weighted by Gasteiger charge is -2.12. The number of hydrogen-bond acceptors (Lipinski definition) is 6. The maximum absolute atomic E-state index is 9.95. The molecule has 19 heavy (non-hydrogen) atoms. The van der Waals surface area contributed by atoms with Crippen molar-refractivity contribution < 1.29 is 9.52 Å². The van der Waals surface area contributed by atoms with Crippen molar-refractivity contribution in [2.24, 2.45) is 0 Å². The quantitative estimate of drug-likeness (QED) is 0.774. The number of nitrogens with one attached hydrogen (secondary N) is 1. The van der Waals surface area contributed by atoms with E-state index in [1.54, 1.807) is 18.2 Å². The molecule has 2 heterocycles. The molecule has 0 radical (unpaired) electrons. The summed E-state index contributed by atoms with van der Waals surface area (Å²) in [6, 6.07) is 7.03. The number of fused-ring (bicyclic) bond motifs is 1. The lowest BCUT2D eigenvalue weighted by atomic mass is 10.2. The van der Waals surface area contributed by atoms with E-state index >= 15 is 0 Å². The molecule has 98 valence electrons. The molecule has 7 heteroatoms. The van der Waals surface area contributed by atoms with Gasteiger partial charge in [-0.15, -0.1) is 0 Å². The number of anilines is 1. The van der Waals surface area contributed by atoms with Crippen molar-refractivity contribution in [3.05, 3.63) is 41.3 Å². The van der Waals surface area contributed by atoms with Gasteiger partial charge in [-0.2, -0.15) is 8.75 Å². The van der Waals surface area contributed by atoms with Crippen molar-refractivity contribution in [2.75, 3.05) is 11.9 Å². The summed E-state index contributed by atoms with van der Waals surface area (Å²) in [7, 11) is 0. The van der Waals surface area contributed by atoms with Crippen LogP contribution in [-0.4, -0.2) is 20.4 Å². The van der Waals surface area contributed by atoms with Gasteiger partial charge in [-0.25, -0.2) is 0 Å². The van der Waals surface area contributed by atoms with Crippen LogP contribution in [0.5, 0.6) is 0 Å². The lowest BCUT2D eigenvalue weighted by Crippen LogP contribution is -2.12. The molecule has 3 rings (SSSR count). The second kappa shape index (κ2) is 5.16. The third-order valence-electron chi connectivity index (χ3n) is 2.72. The van der Waals surface area contributed by atoms with Gasteiger partial charge >= 0.3 is 0 Å². The zero-order chi connectivity index (χ0) is 13.2. The molecule has 0 aliphatic rings. The van der Waals surface area contributed by atoms with E-state index < -0.39 is 6.10 Å². The summed E-state index contributed by atoms with van der Waals surface area (Å²) in [4.78, 5) is 0. The van der Waals surface area contributed by atoms with Crippen molar-refractivity contribution in [2.45, 2.75) is 6.10 Å². The van der Waals surface area contributed by atoms with Crippen LogP contribution in [0.25, 0.3) is 11.0 Å². The van der Waals surface area contributed by atoms with Crippen LogP contribution in [0.4, 0.5) is 5.69 Å². The van der Waals surface area contributed by atoms with Crippen LogP contribution in [-0.2, 0) is 0 Å². The third-order valence-corrected chi connectivity index (χ3v) is 3.58. The van der Waals surface area contributed by atoms with E-state index in [2.05, 4.69) is 14.1 Å². The molecule has 0 saturated carbocycles. The predicted molar refractivity (Wildman–Crippen MR) is 74.6 cm³/mol. The molecule has 0 spiro atoms. The molecule has 0 amide bonds. The number of hydrogen-bond donors (Lipinski definition) is 2. The predicted octanol–water partition coefficient (Wildman–Crippen LogP) is 3.08. The van der Waals surface area contributed by atoms with Crippen LogP contribution in [0.1, 0.15) is 11.9 Å². The molecule has 3 aromatic rings. The molecule has 1 unspecified atom stereocenters. The second-order valence-electron chi connectivity index (χ2n) is 3.97. The Labute approximate surface area is 118 Å². The molecule has 2 aromatic heterocycles.